The van der Waals surface area contributed by atoms with Crippen molar-refractivity contribution < 1.29 is 27.6 Å². The highest BCUT2D eigenvalue weighted by Crippen LogP contribution is 2.35. The number of fused-ring (bicyclic) bond motifs is 1. The predicted octanol–water partition coefficient (Wildman–Crippen LogP) is 3.32. The molecular weight excluding hydrogens is 285 g/mol. The lowest BCUT2D eigenvalue weighted by atomic mass is 9.92. The molecule has 1 aliphatic rings. The van der Waals surface area contributed by atoms with Crippen LogP contribution in [0, 0.1) is 11.8 Å². The molecule has 0 aliphatic heterocycles. The van der Waals surface area contributed by atoms with Crippen molar-refractivity contribution in [1.82, 2.24) is 0 Å². The molecule has 0 radical (unpaired) electrons. The van der Waals surface area contributed by atoms with Crippen LogP contribution >= 0.6 is 0 Å². The van der Waals surface area contributed by atoms with Crippen LogP contribution in [0.4, 0.5) is 13.2 Å². The van der Waals surface area contributed by atoms with Crippen molar-refractivity contribution in [2.45, 2.75) is 26.4 Å². The van der Waals surface area contributed by atoms with Crippen LogP contribution in [0.15, 0.2) is 18.2 Å². The van der Waals surface area contributed by atoms with Gasteiger partial charge in [0, 0.05) is 17.5 Å². The van der Waals surface area contributed by atoms with Gasteiger partial charge >= 0.3 is 6.18 Å². The maximum Gasteiger partial charge on any atom is 0.416 e. The van der Waals surface area contributed by atoms with Crippen molar-refractivity contribution in [3.8, 4) is 0 Å². The lowest BCUT2D eigenvalue weighted by Crippen LogP contribution is -2.26. The summed E-state index contributed by atoms with van der Waals surface area (Å²) >= 11 is 0. The third-order valence-corrected chi connectivity index (χ3v) is 3.33. The van der Waals surface area contributed by atoms with Gasteiger partial charge in [0.2, 0.25) is 0 Å². The van der Waals surface area contributed by atoms with Gasteiger partial charge in [0.05, 0.1) is 5.56 Å². The highest BCUT2D eigenvalue weighted by Gasteiger charge is 2.44. The summed E-state index contributed by atoms with van der Waals surface area (Å²) in [7, 11) is 0. The third kappa shape index (κ3) is 2.75. The first-order chi connectivity index (χ1) is 9.62. The maximum absolute atomic E-state index is 12.6. The van der Waals surface area contributed by atoms with E-state index in [4.69, 9.17) is 0 Å². The number of carbonyl (C=O) groups is 3. The van der Waals surface area contributed by atoms with Crippen LogP contribution in [0.5, 0.6) is 0 Å². The number of benzene rings is 1. The van der Waals surface area contributed by atoms with Gasteiger partial charge in [-0.15, -0.1) is 0 Å². The van der Waals surface area contributed by atoms with Gasteiger partial charge in [-0.3, -0.25) is 14.4 Å². The molecule has 0 fully saturated rings. The smallest absolute Gasteiger partial charge is 0.298 e. The second-order valence-electron chi connectivity index (χ2n) is 5.48. The molecule has 1 aliphatic carbocycles. The molecule has 3 nitrogen and oxygen atoms in total. The standard InChI is InChI=1S/C15H13F3O3/c1-7(2)5-11(19)12-13(20)9-4-3-8(15(16,17)18)6-10(9)14(12)21/h3-4,6-7,12H,5H2,1-2H3. The molecular formula is C15H13F3O3. The molecule has 0 spiro atoms. The Bertz CT molecular complexity index is 630. The van der Waals surface area contributed by atoms with E-state index < -0.39 is 35.0 Å². The van der Waals surface area contributed by atoms with Crippen molar-refractivity contribution in [2.24, 2.45) is 11.8 Å². The molecule has 112 valence electrons. The van der Waals surface area contributed by atoms with E-state index in [2.05, 4.69) is 0 Å². The van der Waals surface area contributed by atoms with Crippen LogP contribution in [0.25, 0.3) is 0 Å². The van der Waals surface area contributed by atoms with Crippen LogP contribution in [0.3, 0.4) is 0 Å². The monoisotopic (exact) mass is 298 g/mol. The Morgan fingerprint density at radius 2 is 1.71 bits per heavy atom. The fourth-order valence-corrected chi connectivity index (χ4v) is 2.38. The molecule has 0 heterocycles. The van der Waals surface area contributed by atoms with Crippen LogP contribution in [0.1, 0.15) is 46.5 Å². The van der Waals surface area contributed by atoms with Crippen LogP contribution in [-0.4, -0.2) is 17.3 Å². The Morgan fingerprint density at radius 1 is 1.14 bits per heavy atom. The normalized spacial score (nSPS) is 18.3. The zero-order valence-electron chi connectivity index (χ0n) is 11.5. The van der Waals surface area contributed by atoms with Gasteiger partial charge in [-0.2, -0.15) is 13.2 Å². The predicted molar refractivity (Wildman–Crippen MR) is 68.1 cm³/mol. The van der Waals surface area contributed by atoms with Crippen molar-refractivity contribution in [3.05, 3.63) is 34.9 Å². The van der Waals surface area contributed by atoms with Gasteiger partial charge in [0.1, 0.15) is 5.92 Å². The molecule has 6 heteroatoms. The van der Waals surface area contributed by atoms with Gasteiger partial charge in [-0.25, -0.2) is 0 Å². The second-order valence-corrected chi connectivity index (χ2v) is 5.48. The van der Waals surface area contributed by atoms with E-state index in [1.54, 1.807) is 13.8 Å². The topological polar surface area (TPSA) is 51.2 Å². The molecule has 0 aromatic heterocycles. The second kappa shape index (κ2) is 5.09. The quantitative estimate of drug-likeness (QED) is 0.804. The average Bonchev–Trinajstić information content (AvgIpc) is 2.59. The Kier molecular flexibility index (Phi) is 3.74. The van der Waals surface area contributed by atoms with Crippen LogP contribution in [0.2, 0.25) is 0 Å². The molecule has 2 rings (SSSR count). The number of halogens is 3. The number of ketones is 3. The molecule has 0 amide bonds. The summed E-state index contributed by atoms with van der Waals surface area (Å²) in [6.45, 7) is 3.52. The first kappa shape index (κ1) is 15.4. The molecule has 1 aromatic carbocycles. The van der Waals surface area contributed by atoms with Crippen molar-refractivity contribution in [2.75, 3.05) is 0 Å². The zero-order valence-corrected chi connectivity index (χ0v) is 11.5. The summed E-state index contributed by atoms with van der Waals surface area (Å²) in [6.07, 6.45) is -4.55. The average molecular weight is 298 g/mol. The molecule has 0 bridgehead atoms. The van der Waals surface area contributed by atoms with Crippen molar-refractivity contribution >= 4 is 17.3 Å². The Labute approximate surface area is 119 Å². The summed E-state index contributed by atoms with van der Waals surface area (Å²) < 4.78 is 37.9. The van der Waals surface area contributed by atoms with Gasteiger partial charge in [0.15, 0.2) is 17.3 Å². The number of carbonyl (C=O) groups excluding carboxylic acids is 3. The molecule has 0 saturated heterocycles. The molecule has 1 unspecified atom stereocenters. The number of hydrogen-bond donors (Lipinski definition) is 0. The van der Waals surface area contributed by atoms with E-state index in [0.717, 1.165) is 12.1 Å². The van der Waals surface area contributed by atoms with Crippen LogP contribution in [-0.2, 0) is 11.0 Å². The minimum atomic E-state index is -4.60. The Balaban J connectivity index is 2.41. The highest BCUT2D eigenvalue weighted by molar-refractivity contribution is 6.35. The number of rotatable bonds is 3. The van der Waals surface area contributed by atoms with E-state index in [9.17, 15) is 27.6 Å². The molecule has 0 N–H and O–H groups in total. The lowest BCUT2D eigenvalue weighted by Gasteiger charge is -2.08. The van der Waals surface area contributed by atoms with Crippen molar-refractivity contribution in [3.63, 3.8) is 0 Å². The third-order valence-electron chi connectivity index (χ3n) is 3.33. The largest absolute Gasteiger partial charge is 0.416 e. The molecule has 1 aromatic rings. The van der Waals surface area contributed by atoms with E-state index in [-0.39, 0.29) is 23.5 Å². The number of alkyl halides is 3. The SMILES string of the molecule is CC(C)CC(=O)C1C(=O)c2ccc(C(F)(F)F)cc2C1=O. The first-order valence-corrected chi connectivity index (χ1v) is 6.45. The van der Waals surface area contributed by atoms with E-state index in [0.29, 0.717) is 6.07 Å². The summed E-state index contributed by atoms with van der Waals surface area (Å²) in [5.74, 6) is -3.58. The Morgan fingerprint density at radius 3 is 2.24 bits per heavy atom. The minimum Gasteiger partial charge on any atom is -0.298 e. The molecule has 21 heavy (non-hydrogen) atoms. The van der Waals surface area contributed by atoms with E-state index in [1.165, 1.54) is 0 Å². The van der Waals surface area contributed by atoms with E-state index >= 15 is 0 Å². The number of Topliss-reactive ketones (excluding diaryl/α,β-unsaturated/α-hetero) is 3. The van der Waals surface area contributed by atoms with Gasteiger partial charge < -0.3 is 0 Å². The highest BCUT2D eigenvalue weighted by atomic mass is 19.4. The fraction of sp³-hybridized carbons (Fsp3) is 0.400. The van der Waals surface area contributed by atoms with Crippen LogP contribution < -0.4 is 0 Å². The van der Waals surface area contributed by atoms with Crippen molar-refractivity contribution in [1.29, 1.82) is 0 Å². The number of hydrogen-bond acceptors (Lipinski definition) is 3. The first-order valence-electron chi connectivity index (χ1n) is 6.45. The molecule has 1 atom stereocenters. The summed E-state index contributed by atoms with van der Waals surface area (Å²) in [5, 5.41) is 0. The summed E-state index contributed by atoms with van der Waals surface area (Å²) in [5.41, 5.74) is -1.41. The van der Waals surface area contributed by atoms with Gasteiger partial charge in [-0.05, 0) is 18.1 Å². The lowest BCUT2D eigenvalue weighted by molar-refractivity contribution is -0.137. The Hall–Kier alpha value is -1.98. The maximum atomic E-state index is 12.6. The summed E-state index contributed by atoms with van der Waals surface area (Å²) in [4.78, 5) is 36.1. The summed E-state index contributed by atoms with van der Waals surface area (Å²) in [6, 6.07) is 2.37. The van der Waals surface area contributed by atoms with Gasteiger partial charge in [-0.1, -0.05) is 19.9 Å². The zero-order chi connectivity index (χ0) is 15.9. The molecule has 0 saturated carbocycles. The minimum absolute atomic E-state index is 0.0347. The van der Waals surface area contributed by atoms with Gasteiger partial charge in [0.25, 0.3) is 0 Å². The fourth-order valence-electron chi connectivity index (χ4n) is 2.38. The van der Waals surface area contributed by atoms with E-state index in [1.807, 2.05) is 0 Å².